The van der Waals surface area contributed by atoms with Crippen LogP contribution in [0.5, 0.6) is 0 Å². The molecular formula is C18H16FN4O4P. The molecule has 0 aliphatic carbocycles. The van der Waals surface area contributed by atoms with Gasteiger partial charge in [-0.15, -0.1) is 10.2 Å². The van der Waals surface area contributed by atoms with Crippen LogP contribution >= 0.6 is 7.60 Å². The number of nitrogens with one attached hydrogen (secondary N) is 1. The van der Waals surface area contributed by atoms with E-state index in [0.717, 1.165) is 0 Å². The van der Waals surface area contributed by atoms with Crippen LogP contribution in [0.15, 0.2) is 60.9 Å². The van der Waals surface area contributed by atoms with Crippen LogP contribution in [0, 0.1) is 5.82 Å². The van der Waals surface area contributed by atoms with Crippen molar-refractivity contribution in [1.82, 2.24) is 14.8 Å². The molecule has 28 heavy (non-hydrogen) atoms. The van der Waals surface area contributed by atoms with Crippen molar-refractivity contribution in [2.75, 3.05) is 5.32 Å². The normalized spacial score (nSPS) is 11.7. The van der Waals surface area contributed by atoms with E-state index in [4.69, 9.17) is 9.79 Å². The van der Waals surface area contributed by atoms with Gasteiger partial charge in [0.15, 0.2) is 5.82 Å². The van der Waals surface area contributed by atoms with Crippen molar-refractivity contribution < 1.29 is 23.5 Å². The molecule has 0 atom stereocenters. The highest BCUT2D eigenvalue weighted by Crippen LogP contribution is 2.39. The maximum atomic E-state index is 13.0. The molecule has 0 saturated heterocycles. The summed E-state index contributed by atoms with van der Waals surface area (Å²) in [6.07, 6.45) is 3.83. The second-order valence-corrected chi connectivity index (χ2v) is 7.52. The van der Waals surface area contributed by atoms with Gasteiger partial charge in [-0.2, -0.15) is 0 Å². The number of hydrogen-bond acceptors (Lipinski definition) is 4. The fourth-order valence-corrected chi connectivity index (χ4v) is 3.11. The average molecular weight is 402 g/mol. The van der Waals surface area contributed by atoms with E-state index in [1.54, 1.807) is 28.8 Å². The number of hydrogen-bond donors (Lipinski definition) is 3. The van der Waals surface area contributed by atoms with Gasteiger partial charge in [0.25, 0.3) is 0 Å². The van der Waals surface area contributed by atoms with E-state index in [0.29, 0.717) is 22.8 Å². The molecule has 3 aromatic rings. The van der Waals surface area contributed by atoms with E-state index in [9.17, 15) is 13.8 Å². The summed E-state index contributed by atoms with van der Waals surface area (Å²) in [7, 11) is -4.14. The zero-order chi connectivity index (χ0) is 20.1. The van der Waals surface area contributed by atoms with Crippen LogP contribution in [-0.4, -0.2) is 30.5 Å². The lowest BCUT2D eigenvalue weighted by Crippen LogP contribution is -2.08. The first-order valence-corrected chi connectivity index (χ1v) is 9.88. The van der Waals surface area contributed by atoms with Crippen LogP contribution in [-0.2, 0) is 15.5 Å². The van der Waals surface area contributed by atoms with Crippen LogP contribution in [0.1, 0.15) is 11.4 Å². The maximum absolute atomic E-state index is 13.0. The Hall–Kier alpha value is -3.13. The van der Waals surface area contributed by atoms with Crippen LogP contribution < -0.4 is 5.32 Å². The smallest absolute Gasteiger partial charge is 0.324 e. The number of carbonyl (C=O) groups is 1. The summed E-state index contributed by atoms with van der Waals surface area (Å²) in [6.45, 7) is 0. The highest BCUT2D eigenvalue weighted by molar-refractivity contribution is 7.50. The third-order valence-corrected chi connectivity index (χ3v) is 4.45. The molecule has 0 unspecified atom stereocenters. The highest BCUT2D eigenvalue weighted by atomic mass is 31.2. The SMILES string of the molecule is O=C(/C=C/c1nncn1-c1ccc(F)cc1)Nc1ccc(CP(=O)(O)O)cc1. The molecule has 1 aromatic heterocycles. The Morgan fingerprint density at radius 2 is 1.82 bits per heavy atom. The molecule has 0 radical (unpaired) electrons. The van der Waals surface area contributed by atoms with Crippen LogP contribution in [0.3, 0.4) is 0 Å². The summed E-state index contributed by atoms with van der Waals surface area (Å²) in [5.74, 6) is -0.393. The number of amides is 1. The Kier molecular flexibility index (Phi) is 5.79. The minimum atomic E-state index is -4.14. The lowest BCUT2D eigenvalue weighted by molar-refractivity contribution is -0.111. The molecule has 10 heteroatoms. The fraction of sp³-hybridized carbons (Fsp3) is 0.0556. The lowest BCUT2D eigenvalue weighted by atomic mass is 10.2. The first-order chi connectivity index (χ1) is 13.3. The predicted molar refractivity (Wildman–Crippen MR) is 101 cm³/mol. The first kappa shape index (κ1) is 19.6. The summed E-state index contributed by atoms with van der Waals surface area (Å²) < 4.78 is 25.6. The molecule has 3 rings (SSSR count). The van der Waals surface area contributed by atoms with Crippen molar-refractivity contribution in [2.24, 2.45) is 0 Å². The molecule has 0 spiro atoms. The topological polar surface area (TPSA) is 117 Å². The van der Waals surface area contributed by atoms with Crippen molar-refractivity contribution in [3.8, 4) is 5.69 Å². The molecule has 144 valence electrons. The molecular weight excluding hydrogens is 386 g/mol. The number of anilines is 1. The van der Waals surface area contributed by atoms with Gasteiger partial charge in [0, 0.05) is 17.5 Å². The quantitative estimate of drug-likeness (QED) is 0.431. The van der Waals surface area contributed by atoms with Gasteiger partial charge in [-0.25, -0.2) is 4.39 Å². The van der Waals surface area contributed by atoms with Gasteiger partial charge in [0.2, 0.25) is 5.91 Å². The van der Waals surface area contributed by atoms with E-state index < -0.39 is 13.5 Å². The van der Waals surface area contributed by atoms with Crippen molar-refractivity contribution in [1.29, 1.82) is 0 Å². The number of carbonyl (C=O) groups excluding carboxylic acids is 1. The number of benzene rings is 2. The van der Waals surface area contributed by atoms with Crippen LogP contribution in [0.4, 0.5) is 10.1 Å². The zero-order valence-corrected chi connectivity index (χ0v) is 15.3. The van der Waals surface area contributed by atoms with Gasteiger partial charge < -0.3 is 15.1 Å². The van der Waals surface area contributed by atoms with E-state index in [1.165, 1.54) is 42.7 Å². The van der Waals surface area contributed by atoms with E-state index in [2.05, 4.69) is 15.5 Å². The highest BCUT2D eigenvalue weighted by Gasteiger charge is 2.13. The first-order valence-electron chi connectivity index (χ1n) is 8.09. The molecule has 2 aromatic carbocycles. The second-order valence-electron chi connectivity index (χ2n) is 5.88. The lowest BCUT2D eigenvalue weighted by Gasteiger charge is -2.06. The maximum Gasteiger partial charge on any atom is 0.329 e. The number of rotatable bonds is 6. The third-order valence-electron chi connectivity index (χ3n) is 3.67. The summed E-state index contributed by atoms with van der Waals surface area (Å²) in [6, 6.07) is 11.9. The van der Waals surface area contributed by atoms with Gasteiger partial charge in [0.05, 0.1) is 6.16 Å². The van der Waals surface area contributed by atoms with Gasteiger partial charge in [0.1, 0.15) is 12.1 Å². The monoisotopic (exact) mass is 402 g/mol. The summed E-state index contributed by atoms with van der Waals surface area (Å²) in [4.78, 5) is 30.0. The third kappa shape index (κ3) is 5.43. The van der Waals surface area contributed by atoms with E-state index in [1.807, 2.05) is 0 Å². The molecule has 1 amide bonds. The number of halogens is 1. The number of aromatic nitrogens is 3. The Balaban J connectivity index is 1.66. The van der Waals surface area contributed by atoms with Crippen molar-refractivity contribution in [3.63, 3.8) is 0 Å². The Morgan fingerprint density at radius 1 is 1.14 bits per heavy atom. The molecule has 0 aliphatic rings. The Labute approximate surface area is 159 Å². The van der Waals surface area contributed by atoms with Gasteiger partial charge in [-0.3, -0.25) is 13.9 Å². The summed E-state index contributed by atoms with van der Waals surface area (Å²) in [5.41, 5.74) is 1.59. The molecule has 0 aliphatic heterocycles. The fourth-order valence-electron chi connectivity index (χ4n) is 2.42. The van der Waals surface area contributed by atoms with E-state index in [-0.39, 0.29) is 12.0 Å². The van der Waals surface area contributed by atoms with Gasteiger partial charge in [-0.05, 0) is 48.0 Å². The van der Waals surface area contributed by atoms with Gasteiger partial charge in [-0.1, -0.05) is 12.1 Å². The second kappa shape index (κ2) is 8.26. The standard InChI is InChI=1S/C18H16FN4O4P/c19-14-3-7-16(8-4-14)23-12-20-22-17(23)9-10-18(24)21-15-5-1-13(2-6-15)11-28(25,26)27/h1-10,12H,11H2,(H,21,24)(H2,25,26,27)/b10-9+. The molecule has 0 saturated carbocycles. The minimum absolute atomic E-state index is 0.361. The van der Waals surface area contributed by atoms with Gasteiger partial charge >= 0.3 is 7.60 Å². The molecule has 8 nitrogen and oxygen atoms in total. The van der Waals surface area contributed by atoms with Crippen molar-refractivity contribution in [2.45, 2.75) is 6.16 Å². The van der Waals surface area contributed by atoms with Crippen LogP contribution in [0.2, 0.25) is 0 Å². The minimum Gasteiger partial charge on any atom is -0.324 e. The zero-order valence-electron chi connectivity index (χ0n) is 14.4. The summed E-state index contributed by atoms with van der Waals surface area (Å²) >= 11 is 0. The predicted octanol–water partition coefficient (Wildman–Crippen LogP) is 2.74. The molecule has 3 N–H and O–H groups in total. The largest absolute Gasteiger partial charge is 0.329 e. The van der Waals surface area contributed by atoms with Crippen molar-refractivity contribution in [3.05, 3.63) is 78.1 Å². The Bertz CT molecular complexity index is 1040. The Morgan fingerprint density at radius 3 is 2.46 bits per heavy atom. The molecule has 0 bridgehead atoms. The van der Waals surface area contributed by atoms with Crippen LogP contribution in [0.25, 0.3) is 11.8 Å². The molecule has 0 fully saturated rings. The average Bonchev–Trinajstić information content (AvgIpc) is 3.10. The van der Waals surface area contributed by atoms with E-state index >= 15 is 0 Å². The summed E-state index contributed by atoms with van der Waals surface area (Å²) in [5, 5.41) is 10.3. The number of nitrogens with zero attached hydrogens (tertiary/aromatic N) is 3. The molecule has 1 heterocycles. The van der Waals surface area contributed by atoms with Crippen molar-refractivity contribution >= 4 is 25.3 Å².